The van der Waals surface area contributed by atoms with Crippen LogP contribution in [0.15, 0.2) is 24.3 Å². The SMILES string of the molecule is CSC(C)C(=O)NCC1(O)CCCc2ccccc21. The number of thioether (sulfide) groups is 1. The molecular formula is C15H21NO2S. The van der Waals surface area contributed by atoms with E-state index in [9.17, 15) is 9.90 Å². The molecule has 2 N–H and O–H groups in total. The lowest BCUT2D eigenvalue weighted by Gasteiger charge is -2.34. The van der Waals surface area contributed by atoms with Crippen molar-refractivity contribution >= 4 is 17.7 Å². The maximum absolute atomic E-state index is 11.8. The lowest BCUT2D eigenvalue weighted by molar-refractivity contribution is -0.121. The third-order valence-corrected chi connectivity index (χ3v) is 4.75. The third-order valence-electron chi connectivity index (χ3n) is 3.83. The van der Waals surface area contributed by atoms with Gasteiger partial charge in [-0.05, 0) is 43.6 Å². The van der Waals surface area contributed by atoms with Crippen LogP contribution in [0.4, 0.5) is 0 Å². The van der Waals surface area contributed by atoms with Crippen molar-refractivity contribution < 1.29 is 9.90 Å². The Kier molecular flexibility index (Phi) is 4.53. The van der Waals surface area contributed by atoms with Crippen LogP contribution in [0, 0.1) is 0 Å². The minimum absolute atomic E-state index is 0.0102. The van der Waals surface area contributed by atoms with E-state index >= 15 is 0 Å². The predicted molar refractivity (Wildman–Crippen MR) is 79.3 cm³/mol. The fourth-order valence-electron chi connectivity index (χ4n) is 2.57. The molecular weight excluding hydrogens is 258 g/mol. The first-order valence-corrected chi connectivity index (χ1v) is 7.97. The van der Waals surface area contributed by atoms with Crippen LogP contribution in [0.2, 0.25) is 0 Å². The third kappa shape index (κ3) is 3.12. The van der Waals surface area contributed by atoms with Gasteiger partial charge in [0.2, 0.25) is 5.91 Å². The quantitative estimate of drug-likeness (QED) is 0.887. The lowest BCUT2D eigenvalue weighted by Crippen LogP contribution is -2.44. The number of rotatable bonds is 4. The molecule has 1 aromatic rings. The summed E-state index contributed by atoms with van der Waals surface area (Å²) >= 11 is 1.51. The van der Waals surface area contributed by atoms with Gasteiger partial charge in [0, 0.05) is 0 Å². The van der Waals surface area contributed by atoms with Gasteiger partial charge in [-0.15, -0.1) is 0 Å². The normalized spacial score (nSPS) is 23.5. The summed E-state index contributed by atoms with van der Waals surface area (Å²) < 4.78 is 0. The van der Waals surface area contributed by atoms with E-state index in [-0.39, 0.29) is 11.2 Å². The molecule has 2 unspecified atom stereocenters. The Morgan fingerprint density at radius 3 is 3.00 bits per heavy atom. The van der Waals surface area contributed by atoms with Gasteiger partial charge in [0.05, 0.1) is 11.8 Å². The van der Waals surface area contributed by atoms with E-state index in [0.29, 0.717) is 13.0 Å². The van der Waals surface area contributed by atoms with E-state index < -0.39 is 5.60 Å². The van der Waals surface area contributed by atoms with Gasteiger partial charge in [-0.25, -0.2) is 0 Å². The Hall–Kier alpha value is -1.00. The van der Waals surface area contributed by atoms with E-state index in [2.05, 4.69) is 11.4 Å². The maximum atomic E-state index is 11.8. The zero-order valence-corrected chi connectivity index (χ0v) is 12.3. The van der Waals surface area contributed by atoms with Crippen molar-refractivity contribution in [3.05, 3.63) is 35.4 Å². The van der Waals surface area contributed by atoms with E-state index in [1.165, 1.54) is 17.3 Å². The summed E-state index contributed by atoms with van der Waals surface area (Å²) in [5.74, 6) is -0.0102. The van der Waals surface area contributed by atoms with Crippen LogP contribution in [-0.4, -0.2) is 29.1 Å². The highest BCUT2D eigenvalue weighted by Crippen LogP contribution is 2.34. The highest BCUT2D eigenvalue weighted by Gasteiger charge is 2.34. The van der Waals surface area contributed by atoms with Crippen LogP contribution in [0.1, 0.15) is 30.9 Å². The van der Waals surface area contributed by atoms with Crippen LogP contribution < -0.4 is 5.32 Å². The molecule has 0 heterocycles. The Morgan fingerprint density at radius 1 is 1.53 bits per heavy atom. The molecule has 0 bridgehead atoms. The number of carbonyl (C=O) groups excluding carboxylic acids is 1. The van der Waals surface area contributed by atoms with Crippen molar-refractivity contribution in [2.45, 2.75) is 37.0 Å². The largest absolute Gasteiger partial charge is 0.383 e. The van der Waals surface area contributed by atoms with E-state index in [4.69, 9.17) is 0 Å². The summed E-state index contributed by atoms with van der Waals surface area (Å²) in [4.78, 5) is 11.8. The van der Waals surface area contributed by atoms with Crippen molar-refractivity contribution in [1.82, 2.24) is 5.32 Å². The van der Waals surface area contributed by atoms with Gasteiger partial charge in [-0.2, -0.15) is 11.8 Å². The predicted octanol–water partition coefficient (Wildman–Crippen LogP) is 2.08. The van der Waals surface area contributed by atoms with E-state index in [1.807, 2.05) is 31.4 Å². The molecule has 0 fully saturated rings. The zero-order valence-electron chi connectivity index (χ0n) is 11.5. The molecule has 0 saturated carbocycles. The number of aryl methyl sites for hydroxylation is 1. The van der Waals surface area contributed by atoms with Crippen LogP contribution >= 0.6 is 11.8 Å². The smallest absolute Gasteiger partial charge is 0.232 e. The maximum Gasteiger partial charge on any atom is 0.232 e. The van der Waals surface area contributed by atoms with Crippen LogP contribution in [0.5, 0.6) is 0 Å². The highest BCUT2D eigenvalue weighted by atomic mass is 32.2. The molecule has 0 aromatic heterocycles. The average molecular weight is 279 g/mol. The lowest BCUT2D eigenvalue weighted by atomic mass is 9.79. The molecule has 2 atom stereocenters. The summed E-state index contributed by atoms with van der Waals surface area (Å²) in [5, 5.41) is 13.6. The zero-order chi connectivity index (χ0) is 13.9. The van der Waals surface area contributed by atoms with Crippen molar-refractivity contribution in [3.8, 4) is 0 Å². The Bertz CT molecular complexity index is 463. The van der Waals surface area contributed by atoms with Crippen LogP contribution in [0.25, 0.3) is 0 Å². The minimum atomic E-state index is -0.914. The van der Waals surface area contributed by atoms with E-state index in [1.54, 1.807) is 0 Å². The Morgan fingerprint density at radius 2 is 2.26 bits per heavy atom. The summed E-state index contributed by atoms with van der Waals surface area (Å²) in [5.41, 5.74) is 1.25. The number of hydrogen-bond acceptors (Lipinski definition) is 3. The monoisotopic (exact) mass is 279 g/mol. The second-order valence-electron chi connectivity index (χ2n) is 5.14. The molecule has 1 aliphatic rings. The summed E-state index contributed by atoms with van der Waals surface area (Å²) in [7, 11) is 0. The van der Waals surface area contributed by atoms with Gasteiger partial charge in [0.25, 0.3) is 0 Å². The van der Waals surface area contributed by atoms with Crippen molar-refractivity contribution in [2.24, 2.45) is 0 Å². The molecule has 0 saturated heterocycles. The van der Waals surface area contributed by atoms with Gasteiger partial charge in [0.15, 0.2) is 0 Å². The number of aliphatic hydroxyl groups is 1. The summed E-state index contributed by atoms with van der Waals surface area (Å²) in [6.07, 6.45) is 4.59. The van der Waals surface area contributed by atoms with Crippen molar-refractivity contribution in [2.75, 3.05) is 12.8 Å². The minimum Gasteiger partial charge on any atom is -0.383 e. The second kappa shape index (κ2) is 5.97. The number of nitrogens with one attached hydrogen (secondary N) is 1. The molecule has 4 heteroatoms. The molecule has 19 heavy (non-hydrogen) atoms. The number of hydrogen-bond donors (Lipinski definition) is 2. The molecule has 2 rings (SSSR count). The van der Waals surface area contributed by atoms with Gasteiger partial charge in [-0.1, -0.05) is 24.3 Å². The Balaban J connectivity index is 2.10. The number of benzene rings is 1. The van der Waals surface area contributed by atoms with Crippen LogP contribution in [-0.2, 0) is 16.8 Å². The molecule has 1 aliphatic carbocycles. The fraction of sp³-hybridized carbons (Fsp3) is 0.533. The molecule has 1 aromatic carbocycles. The Labute approximate surface area is 118 Å². The average Bonchev–Trinajstić information content (AvgIpc) is 2.44. The standard InChI is InChI=1S/C15H21NO2S/c1-11(19-2)14(17)16-10-15(18)9-5-7-12-6-3-4-8-13(12)15/h3-4,6,8,11,18H,5,7,9-10H2,1-2H3,(H,16,17). The fourth-order valence-corrected chi connectivity index (χ4v) is 2.86. The van der Waals surface area contributed by atoms with Gasteiger partial charge in [0.1, 0.15) is 5.60 Å². The molecule has 0 spiro atoms. The number of carbonyl (C=O) groups is 1. The summed E-state index contributed by atoms with van der Waals surface area (Å²) in [6.45, 7) is 2.17. The topological polar surface area (TPSA) is 49.3 Å². The number of fused-ring (bicyclic) bond motifs is 1. The van der Waals surface area contributed by atoms with Crippen molar-refractivity contribution in [3.63, 3.8) is 0 Å². The first-order valence-electron chi connectivity index (χ1n) is 6.68. The van der Waals surface area contributed by atoms with Gasteiger partial charge >= 0.3 is 0 Å². The van der Waals surface area contributed by atoms with E-state index in [0.717, 1.165) is 18.4 Å². The van der Waals surface area contributed by atoms with Gasteiger partial charge in [-0.3, -0.25) is 4.79 Å². The highest BCUT2D eigenvalue weighted by molar-refractivity contribution is 7.99. The van der Waals surface area contributed by atoms with Gasteiger partial charge < -0.3 is 10.4 Å². The molecule has 3 nitrogen and oxygen atoms in total. The summed E-state index contributed by atoms with van der Waals surface area (Å²) in [6, 6.07) is 7.98. The van der Waals surface area contributed by atoms with Crippen LogP contribution in [0.3, 0.4) is 0 Å². The molecule has 1 amide bonds. The van der Waals surface area contributed by atoms with Crippen molar-refractivity contribution in [1.29, 1.82) is 0 Å². The molecule has 104 valence electrons. The number of amides is 1. The first kappa shape index (κ1) is 14.4. The second-order valence-corrected chi connectivity index (χ2v) is 6.32. The molecule has 0 aliphatic heterocycles. The first-order chi connectivity index (χ1) is 9.07. The molecule has 0 radical (unpaired) electrons.